The first-order valence-corrected chi connectivity index (χ1v) is 10.1. The second-order valence-corrected chi connectivity index (χ2v) is 7.71. The number of amidine groups is 1. The summed E-state index contributed by atoms with van der Waals surface area (Å²) in [4.78, 5) is 30.6. The van der Waals surface area contributed by atoms with Crippen LogP contribution in [0.2, 0.25) is 0 Å². The fourth-order valence-corrected chi connectivity index (χ4v) is 3.94. The summed E-state index contributed by atoms with van der Waals surface area (Å²) in [6.45, 7) is 3.42. The molecule has 0 saturated carbocycles. The summed E-state index contributed by atoms with van der Waals surface area (Å²) >= 11 is 1.31. The number of thioether (sulfide) groups is 1. The summed E-state index contributed by atoms with van der Waals surface area (Å²) in [6.07, 6.45) is 1.76. The third kappa shape index (κ3) is 5.01. The standard InChI is InChI=1S/C22H22N2O5S/c1-14(2)24-21(27)19(30-22(24)23-16-7-5-4-6-8-16)12-15-9-10-17(18(11-15)28-3)29-13-20(25)26/h4-12,14H,13H2,1-3H3,(H,25,26)/b19-12+,23-22?. The molecule has 3 rings (SSSR count). The lowest BCUT2D eigenvalue weighted by atomic mass is 10.1. The molecule has 0 aliphatic carbocycles. The maximum absolute atomic E-state index is 13.0. The number of aliphatic imine (C=N–C) groups is 1. The summed E-state index contributed by atoms with van der Waals surface area (Å²) in [5.74, 6) is -0.479. The molecule has 1 aliphatic heterocycles. The number of carbonyl (C=O) groups is 2. The Morgan fingerprint density at radius 2 is 1.93 bits per heavy atom. The Balaban J connectivity index is 1.90. The van der Waals surface area contributed by atoms with Gasteiger partial charge in [0.1, 0.15) is 0 Å². The number of ether oxygens (including phenoxy) is 2. The number of benzene rings is 2. The first-order valence-electron chi connectivity index (χ1n) is 9.28. The van der Waals surface area contributed by atoms with Crippen molar-refractivity contribution in [2.45, 2.75) is 19.9 Å². The van der Waals surface area contributed by atoms with Crippen molar-refractivity contribution >= 4 is 40.6 Å². The lowest BCUT2D eigenvalue weighted by molar-refractivity contribution is -0.139. The molecule has 1 fully saturated rings. The Morgan fingerprint density at radius 3 is 2.57 bits per heavy atom. The van der Waals surface area contributed by atoms with Crippen LogP contribution in [0.25, 0.3) is 6.08 Å². The van der Waals surface area contributed by atoms with Crippen LogP contribution in [0.4, 0.5) is 5.69 Å². The normalized spacial score (nSPS) is 16.5. The van der Waals surface area contributed by atoms with E-state index in [9.17, 15) is 9.59 Å². The van der Waals surface area contributed by atoms with Gasteiger partial charge < -0.3 is 14.6 Å². The van der Waals surface area contributed by atoms with Crippen LogP contribution in [0.15, 0.2) is 58.4 Å². The largest absolute Gasteiger partial charge is 0.493 e. The van der Waals surface area contributed by atoms with Gasteiger partial charge in [0.05, 0.1) is 17.7 Å². The van der Waals surface area contributed by atoms with E-state index < -0.39 is 12.6 Å². The molecular formula is C22H22N2O5S. The Morgan fingerprint density at radius 1 is 1.20 bits per heavy atom. The number of aliphatic carboxylic acids is 1. The van der Waals surface area contributed by atoms with Crippen LogP contribution in [0.3, 0.4) is 0 Å². The van der Waals surface area contributed by atoms with Crippen molar-refractivity contribution in [2.24, 2.45) is 4.99 Å². The summed E-state index contributed by atoms with van der Waals surface area (Å²) < 4.78 is 10.5. The van der Waals surface area contributed by atoms with Crippen LogP contribution in [0.1, 0.15) is 19.4 Å². The monoisotopic (exact) mass is 426 g/mol. The van der Waals surface area contributed by atoms with Crippen LogP contribution in [0, 0.1) is 0 Å². The molecular weight excluding hydrogens is 404 g/mol. The molecule has 0 radical (unpaired) electrons. The van der Waals surface area contributed by atoms with Gasteiger partial charge in [-0.3, -0.25) is 9.69 Å². The quantitative estimate of drug-likeness (QED) is 0.669. The maximum Gasteiger partial charge on any atom is 0.341 e. The van der Waals surface area contributed by atoms with Crippen molar-refractivity contribution in [1.82, 2.24) is 4.90 Å². The highest BCUT2D eigenvalue weighted by Gasteiger charge is 2.35. The van der Waals surface area contributed by atoms with Crippen LogP contribution < -0.4 is 9.47 Å². The molecule has 0 unspecified atom stereocenters. The van der Waals surface area contributed by atoms with E-state index in [0.717, 1.165) is 11.3 Å². The zero-order chi connectivity index (χ0) is 21.7. The van der Waals surface area contributed by atoms with Crippen LogP contribution >= 0.6 is 11.8 Å². The number of rotatable bonds is 7. The molecule has 2 aromatic carbocycles. The second-order valence-electron chi connectivity index (χ2n) is 6.70. The number of carboxylic acids is 1. The molecule has 1 heterocycles. The highest BCUT2D eigenvalue weighted by atomic mass is 32.2. The second kappa shape index (κ2) is 9.49. The molecule has 156 valence electrons. The average molecular weight is 426 g/mol. The summed E-state index contributed by atoms with van der Waals surface area (Å²) in [7, 11) is 1.47. The molecule has 1 N–H and O–H groups in total. The van der Waals surface area contributed by atoms with Gasteiger partial charge in [-0.15, -0.1) is 0 Å². The van der Waals surface area contributed by atoms with Gasteiger partial charge >= 0.3 is 5.97 Å². The van der Waals surface area contributed by atoms with Gasteiger partial charge in [0.25, 0.3) is 5.91 Å². The zero-order valence-electron chi connectivity index (χ0n) is 16.9. The lowest BCUT2D eigenvalue weighted by Gasteiger charge is -2.19. The number of nitrogens with zero attached hydrogens (tertiary/aromatic N) is 2. The predicted octanol–water partition coefficient (Wildman–Crippen LogP) is 4.17. The fraction of sp³-hybridized carbons (Fsp3) is 0.227. The fourth-order valence-electron chi connectivity index (χ4n) is 2.82. The number of amides is 1. The van der Waals surface area contributed by atoms with E-state index in [4.69, 9.17) is 14.6 Å². The number of para-hydroxylation sites is 1. The first-order chi connectivity index (χ1) is 14.4. The number of methoxy groups -OCH3 is 1. The molecule has 8 heteroatoms. The van der Waals surface area contributed by atoms with E-state index >= 15 is 0 Å². The van der Waals surface area contributed by atoms with Crippen LogP contribution in [0.5, 0.6) is 11.5 Å². The number of hydrogen-bond acceptors (Lipinski definition) is 6. The minimum Gasteiger partial charge on any atom is -0.493 e. The maximum atomic E-state index is 13.0. The van der Waals surface area contributed by atoms with E-state index in [1.54, 1.807) is 29.2 Å². The van der Waals surface area contributed by atoms with Crippen molar-refractivity contribution in [3.05, 3.63) is 59.0 Å². The summed E-state index contributed by atoms with van der Waals surface area (Å²) in [6, 6.07) is 14.5. The minimum atomic E-state index is -1.07. The van der Waals surface area contributed by atoms with Crippen molar-refractivity contribution in [1.29, 1.82) is 0 Å². The number of carbonyl (C=O) groups excluding carboxylic acids is 1. The topological polar surface area (TPSA) is 88.4 Å². The van der Waals surface area contributed by atoms with Gasteiger partial charge in [-0.25, -0.2) is 9.79 Å². The third-order valence-electron chi connectivity index (χ3n) is 4.17. The zero-order valence-corrected chi connectivity index (χ0v) is 17.7. The summed E-state index contributed by atoms with van der Waals surface area (Å²) in [5.41, 5.74) is 1.51. The van der Waals surface area contributed by atoms with E-state index in [2.05, 4.69) is 4.99 Å². The van der Waals surface area contributed by atoms with Gasteiger partial charge in [-0.2, -0.15) is 0 Å². The van der Waals surface area contributed by atoms with Gasteiger partial charge in [-0.1, -0.05) is 24.3 Å². The molecule has 2 aromatic rings. The van der Waals surface area contributed by atoms with E-state index in [1.165, 1.54) is 18.9 Å². The average Bonchev–Trinajstić information content (AvgIpc) is 3.02. The summed E-state index contributed by atoms with van der Waals surface area (Å²) in [5, 5.41) is 9.41. The van der Waals surface area contributed by atoms with E-state index in [1.807, 2.05) is 44.2 Å². The van der Waals surface area contributed by atoms with Crippen molar-refractivity contribution in [2.75, 3.05) is 13.7 Å². The molecule has 0 bridgehead atoms. The molecule has 0 aromatic heterocycles. The van der Waals surface area contributed by atoms with E-state index in [0.29, 0.717) is 21.6 Å². The Labute approximate surface area is 179 Å². The number of carboxylic acid groups (broad SMARTS) is 1. The Kier molecular flexibility index (Phi) is 6.79. The third-order valence-corrected chi connectivity index (χ3v) is 5.15. The van der Waals surface area contributed by atoms with Crippen LogP contribution in [-0.2, 0) is 9.59 Å². The Bertz CT molecular complexity index is 1000. The van der Waals surface area contributed by atoms with Crippen LogP contribution in [-0.4, -0.2) is 46.8 Å². The molecule has 1 aliphatic rings. The van der Waals surface area contributed by atoms with Crippen molar-refractivity contribution in [3.63, 3.8) is 0 Å². The minimum absolute atomic E-state index is 0.0420. The van der Waals surface area contributed by atoms with Gasteiger partial charge in [-0.05, 0) is 61.5 Å². The van der Waals surface area contributed by atoms with Gasteiger partial charge in [0.2, 0.25) is 0 Å². The highest BCUT2D eigenvalue weighted by molar-refractivity contribution is 8.18. The smallest absolute Gasteiger partial charge is 0.341 e. The SMILES string of the molecule is COc1cc(/C=C2/SC(=Nc3ccccc3)N(C(C)C)C2=O)ccc1OCC(=O)O. The molecule has 30 heavy (non-hydrogen) atoms. The van der Waals surface area contributed by atoms with Gasteiger partial charge in [0, 0.05) is 6.04 Å². The number of hydrogen-bond donors (Lipinski definition) is 1. The highest BCUT2D eigenvalue weighted by Crippen LogP contribution is 2.36. The molecule has 0 atom stereocenters. The van der Waals surface area contributed by atoms with E-state index in [-0.39, 0.29) is 11.9 Å². The van der Waals surface area contributed by atoms with Crippen molar-refractivity contribution in [3.8, 4) is 11.5 Å². The molecule has 0 spiro atoms. The molecule has 7 nitrogen and oxygen atoms in total. The predicted molar refractivity (Wildman–Crippen MR) is 117 cm³/mol. The van der Waals surface area contributed by atoms with Gasteiger partial charge in [0.15, 0.2) is 23.3 Å². The Hall–Kier alpha value is -3.26. The molecule has 1 saturated heterocycles. The first kappa shape index (κ1) is 21.4. The lowest BCUT2D eigenvalue weighted by Crippen LogP contribution is -2.35. The van der Waals surface area contributed by atoms with Crippen molar-refractivity contribution < 1.29 is 24.2 Å². The molecule has 1 amide bonds.